The lowest BCUT2D eigenvalue weighted by atomic mass is 10.1. The summed E-state index contributed by atoms with van der Waals surface area (Å²) in [6, 6.07) is 5.57. The third kappa shape index (κ3) is 4.04. The van der Waals surface area contributed by atoms with Crippen molar-refractivity contribution in [1.29, 1.82) is 0 Å². The van der Waals surface area contributed by atoms with E-state index in [4.69, 9.17) is 11.6 Å². The van der Waals surface area contributed by atoms with Crippen LogP contribution in [0.5, 0.6) is 0 Å². The van der Waals surface area contributed by atoms with E-state index < -0.39 is 4.92 Å². The normalized spacial score (nSPS) is 15.6. The summed E-state index contributed by atoms with van der Waals surface area (Å²) in [6.45, 7) is 2.93. The molecule has 0 radical (unpaired) electrons. The summed E-state index contributed by atoms with van der Waals surface area (Å²) in [5.41, 5.74) is 2.02. The molecule has 102 valence electrons. The van der Waals surface area contributed by atoms with Gasteiger partial charge in [-0.2, -0.15) is 0 Å². The van der Waals surface area contributed by atoms with Gasteiger partial charge in [0, 0.05) is 18.7 Å². The molecule has 0 aromatic heterocycles. The molecule has 0 spiro atoms. The van der Waals surface area contributed by atoms with Crippen molar-refractivity contribution >= 4 is 23.4 Å². The number of rotatable bonds is 6. The molecule has 1 N–H and O–H groups in total. The predicted molar refractivity (Wildman–Crippen MR) is 77.4 cm³/mol. The van der Waals surface area contributed by atoms with Gasteiger partial charge in [0.1, 0.15) is 5.02 Å². The summed E-state index contributed by atoms with van der Waals surface area (Å²) >= 11 is 5.80. The minimum Gasteiger partial charge on any atom is -0.310 e. The van der Waals surface area contributed by atoms with Gasteiger partial charge in [0.15, 0.2) is 0 Å². The number of benzene rings is 1. The molecule has 1 aliphatic carbocycles. The zero-order valence-electron chi connectivity index (χ0n) is 10.9. The van der Waals surface area contributed by atoms with Gasteiger partial charge in [-0.15, -0.1) is 0 Å². The maximum Gasteiger partial charge on any atom is 0.288 e. The van der Waals surface area contributed by atoms with E-state index in [2.05, 4.69) is 12.2 Å². The smallest absolute Gasteiger partial charge is 0.288 e. The van der Waals surface area contributed by atoms with Gasteiger partial charge in [0.05, 0.1) is 4.92 Å². The van der Waals surface area contributed by atoms with Crippen LogP contribution in [0.4, 0.5) is 5.69 Å². The van der Waals surface area contributed by atoms with Gasteiger partial charge in [0.25, 0.3) is 5.69 Å². The average Bonchev–Trinajstić information content (AvgIpc) is 3.20. The summed E-state index contributed by atoms with van der Waals surface area (Å²) in [5, 5.41) is 14.5. The molecular weight excluding hydrogens is 264 g/mol. The van der Waals surface area contributed by atoms with Crippen molar-refractivity contribution in [3.05, 3.63) is 44.5 Å². The van der Waals surface area contributed by atoms with Gasteiger partial charge >= 0.3 is 0 Å². The number of halogens is 1. The molecule has 0 aliphatic heterocycles. The van der Waals surface area contributed by atoms with Crippen LogP contribution in [-0.4, -0.2) is 17.5 Å². The van der Waals surface area contributed by atoms with Gasteiger partial charge in [0.2, 0.25) is 0 Å². The highest BCUT2D eigenvalue weighted by molar-refractivity contribution is 6.32. The Labute approximate surface area is 117 Å². The van der Waals surface area contributed by atoms with E-state index in [0.717, 1.165) is 18.5 Å². The molecule has 19 heavy (non-hydrogen) atoms. The number of nitrogens with zero attached hydrogens (tertiary/aromatic N) is 1. The highest BCUT2D eigenvalue weighted by atomic mass is 35.5. The second-order valence-corrected chi connectivity index (χ2v) is 5.19. The second kappa shape index (κ2) is 6.17. The number of nitrogens with one attached hydrogen (secondary N) is 1. The van der Waals surface area contributed by atoms with Crippen LogP contribution in [0.1, 0.15) is 31.7 Å². The quantitative estimate of drug-likeness (QED) is 0.637. The van der Waals surface area contributed by atoms with Gasteiger partial charge in [-0.1, -0.05) is 36.2 Å². The number of nitro groups is 1. The predicted octanol–water partition coefficient (Wildman–Crippen LogP) is 3.79. The summed E-state index contributed by atoms with van der Waals surface area (Å²) in [6.07, 6.45) is 5.43. The SMILES string of the molecule is CCC(=Cc1ccc(Cl)c([N+](=O)[O-])c1)CNC1CC1. The summed E-state index contributed by atoms with van der Waals surface area (Å²) in [4.78, 5) is 10.4. The lowest BCUT2D eigenvalue weighted by Gasteiger charge is -2.06. The Kier molecular flexibility index (Phi) is 4.56. The fourth-order valence-corrected chi connectivity index (χ4v) is 2.02. The fraction of sp³-hybridized carbons (Fsp3) is 0.429. The Balaban J connectivity index is 2.14. The first-order valence-electron chi connectivity index (χ1n) is 6.47. The first-order chi connectivity index (χ1) is 9.10. The summed E-state index contributed by atoms with van der Waals surface area (Å²) in [5.74, 6) is 0. The molecule has 0 saturated heterocycles. The molecule has 0 amide bonds. The number of nitro benzene ring substituents is 1. The molecule has 1 aromatic carbocycles. The Hall–Kier alpha value is -1.39. The molecule has 1 aliphatic rings. The van der Waals surface area contributed by atoms with E-state index in [1.54, 1.807) is 6.07 Å². The van der Waals surface area contributed by atoms with Gasteiger partial charge in [-0.05, 0) is 30.9 Å². The van der Waals surface area contributed by atoms with Crippen LogP contribution in [0.25, 0.3) is 6.08 Å². The molecule has 1 saturated carbocycles. The number of hydrogen-bond acceptors (Lipinski definition) is 3. The minimum atomic E-state index is -0.451. The third-order valence-electron chi connectivity index (χ3n) is 3.19. The van der Waals surface area contributed by atoms with Crippen molar-refractivity contribution in [3.8, 4) is 0 Å². The molecule has 1 fully saturated rings. The first-order valence-corrected chi connectivity index (χ1v) is 6.84. The molecule has 0 atom stereocenters. The van der Waals surface area contributed by atoms with E-state index in [0.29, 0.717) is 6.04 Å². The lowest BCUT2D eigenvalue weighted by molar-refractivity contribution is -0.384. The number of hydrogen-bond donors (Lipinski definition) is 1. The van der Waals surface area contributed by atoms with Crippen molar-refractivity contribution < 1.29 is 4.92 Å². The van der Waals surface area contributed by atoms with E-state index in [1.807, 2.05) is 12.1 Å². The molecular formula is C14H17ClN2O2. The zero-order valence-corrected chi connectivity index (χ0v) is 11.6. The lowest BCUT2D eigenvalue weighted by Crippen LogP contribution is -2.18. The maximum atomic E-state index is 10.8. The van der Waals surface area contributed by atoms with E-state index in [-0.39, 0.29) is 10.7 Å². The Bertz CT molecular complexity index is 510. The standard InChI is InChI=1S/C14H17ClN2O2/c1-2-10(9-16-12-4-5-12)7-11-3-6-13(15)14(8-11)17(18)19/h3,6-8,12,16H,2,4-5,9H2,1H3. The summed E-state index contributed by atoms with van der Waals surface area (Å²) < 4.78 is 0. The van der Waals surface area contributed by atoms with Crippen molar-refractivity contribution in [2.75, 3.05) is 6.54 Å². The van der Waals surface area contributed by atoms with Crippen LogP contribution < -0.4 is 5.32 Å². The van der Waals surface area contributed by atoms with Crippen LogP contribution in [0.15, 0.2) is 23.8 Å². The highest BCUT2D eigenvalue weighted by Crippen LogP contribution is 2.26. The van der Waals surface area contributed by atoms with Crippen molar-refractivity contribution in [3.63, 3.8) is 0 Å². The van der Waals surface area contributed by atoms with Crippen LogP contribution in [0, 0.1) is 10.1 Å². The van der Waals surface area contributed by atoms with E-state index in [1.165, 1.54) is 24.5 Å². The van der Waals surface area contributed by atoms with Crippen molar-refractivity contribution in [1.82, 2.24) is 5.32 Å². The van der Waals surface area contributed by atoms with Crippen LogP contribution >= 0.6 is 11.6 Å². The second-order valence-electron chi connectivity index (χ2n) is 4.78. The van der Waals surface area contributed by atoms with Crippen molar-refractivity contribution in [2.45, 2.75) is 32.2 Å². The molecule has 0 unspecified atom stereocenters. The third-order valence-corrected chi connectivity index (χ3v) is 3.51. The highest BCUT2D eigenvalue weighted by Gasteiger charge is 2.20. The summed E-state index contributed by atoms with van der Waals surface area (Å²) in [7, 11) is 0. The Morgan fingerprint density at radius 3 is 2.89 bits per heavy atom. The minimum absolute atomic E-state index is 0.0407. The van der Waals surface area contributed by atoms with Gasteiger partial charge in [-0.3, -0.25) is 10.1 Å². The van der Waals surface area contributed by atoms with Crippen LogP contribution in [-0.2, 0) is 0 Å². The molecule has 2 rings (SSSR count). The molecule has 1 aromatic rings. The molecule has 5 heteroatoms. The largest absolute Gasteiger partial charge is 0.310 e. The van der Waals surface area contributed by atoms with E-state index >= 15 is 0 Å². The molecule has 0 bridgehead atoms. The van der Waals surface area contributed by atoms with Crippen molar-refractivity contribution in [2.24, 2.45) is 0 Å². The Morgan fingerprint density at radius 2 is 2.32 bits per heavy atom. The monoisotopic (exact) mass is 280 g/mol. The first kappa shape index (κ1) is 14.0. The van der Waals surface area contributed by atoms with E-state index in [9.17, 15) is 10.1 Å². The maximum absolute atomic E-state index is 10.8. The zero-order chi connectivity index (χ0) is 13.8. The topological polar surface area (TPSA) is 55.2 Å². The fourth-order valence-electron chi connectivity index (χ4n) is 1.84. The van der Waals surface area contributed by atoms with Gasteiger partial charge < -0.3 is 5.32 Å². The van der Waals surface area contributed by atoms with Crippen LogP contribution in [0.3, 0.4) is 0 Å². The average molecular weight is 281 g/mol. The molecule has 4 nitrogen and oxygen atoms in total. The van der Waals surface area contributed by atoms with Crippen LogP contribution in [0.2, 0.25) is 5.02 Å². The molecule has 0 heterocycles. The Morgan fingerprint density at radius 1 is 1.58 bits per heavy atom. The van der Waals surface area contributed by atoms with Gasteiger partial charge in [-0.25, -0.2) is 0 Å².